The third kappa shape index (κ3) is 5.79. The Balaban J connectivity index is 1.76. The van der Waals surface area contributed by atoms with Crippen molar-refractivity contribution in [3.8, 4) is 0 Å². The quantitative estimate of drug-likeness (QED) is 0.818. The van der Waals surface area contributed by atoms with Crippen molar-refractivity contribution in [1.82, 2.24) is 9.03 Å². The van der Waals surface area contributed by atoms with Crippen LogP contribution in [0.3, 0.4) is 0 Å². The summed E-state index contributed by atoms with van der Waals surface area (Å²) in [6, 6.07) is 9.60. The molecule has 0 aromatic heterocycles. The minimum Gasteiger partial charge on any atom is -0.259 e. The van der Waals surface area contributed by atoms with Gasteiger partial charge in [-0.1, -0.05) is 43.2 Å². The average molecular weight is 345 g/mol. The summed E-state index contributed by atoms with van der Waals surface area (Å²) in [7, 11) is -4.49. The van der Waals surface area contributed by atoms with Gasteiger partial charge in [0.25, 0.3) is 10.2 Å². The van der Waals surface area contributed by atoms with Crippen LogP contribution >= 0.6 is 0 Å². The van der Waals surface area contributed by atoms with Gasteiger partial charge in [-0.25, -0.2) is 4.72 Å². The van der Waals surface area contributed by atoms with Gasteiger partial charge in [0.1, 0.15) is 0 Å². The summed E-state index contributed by atoms with van der Waals surface area (Å²) in [4.78, 5) is 0. The highest BCUT2D eigenvalue weighted by Crippen LogP contribution is 2.12. The van der Waals surface area contributed by atoms with Gasteiger partial charge in [-0.2, -0.15) is 12.7 Å². The molecule has 0 bridgehead atoms. The van der Waals surface area contributed by atoms with Crippen LogP contribution in [0.15, 0.2) is 30.3 Å². The highest BCUT2D eigenvalue weighted by atomic mass is 32.2. The highest BCUT2D eigenvalue weighted by molar-refractivity contribution is 7.87. The second-order valence-corrected chi connectivity index (χ2v) is 8.82. The van der Waals surface area contributed by atoms with Crippen molar-refractivity contribution >= 4 is 21.0 Å². The van der Waals surface area contributed by atoms with Crippen LogP contribution in [0, 0.1) is 0 Å². The van der Waals surface area contributed by atoms with E-state index in [4.69, 9.17) is 0 Å². The maximum absolute atomic E-state index is 12.2. The van der Waals surface area contributed by atoms with Gasteiger partial charge in [0.05, 0.1) is 0 Å². The maximum atomic E-state index is 12.2. The van der Waals surface area contributed by atoms with E-state index in [1.165, 1.54) is 4.31 Å². The van der Waals surface area contributed by atoms with Gasteiger partial charge in [0.15, 0.2) is 0 Å². The van der Waals surface area contributed by atoms with Gasteiger partial charge in [-0.05, 0) is 18.4 Å². The van der Waals surface area contributed by atoms with Crippen molar-refractivity contribution in [3.05, 3.63) is 35.9 Å². The van der Waals surface area contributed by atoms with Gasteiger partial charge in [0, 0.05) is 41.9 Å². The maximum Gasteiger partial charge on any atom is 0.279 e. The van der Waals surface area contributed by atoms with Gasteiger partial charge >= 0.3 is 0 Å². The van der Waals surface area contributed by atoms with Gasteiger partial charge in [-0.3, -0.25) is 4.21 Å². The molecule has 2 rings (SSSR count). The van der Waals surface area contributed by atoms with E-state index in [-0.39, 0.29) is 6.54 Å². The summed E-state index contributed by atoms with van der Waals surface area (Å²) in [6.07, 6.45) is 4.02. The fourth-order valence-electron chi connectivity index (χ4n) is 2.49. The van der Waals surface area contributed by atoms with Crippen molar-refractivity contribution in [2.45, 2.75) is 31.4 Å². The van der Waals surface area contributed by atoms with Crippen LogP contribution in [0.2, 0.25) is 0 Å². The molecule has 0 spiro atoms. The lowest BCUT2D eigenvalue weighted by atomic mass is 10.2. The molecule has 5 nitrogen and oxygen atoms in total. The molecule has 1 aromatic carbocycles. The van der Waals surface area contributed by atoms with Crippen LogP contribution in [0.5, 0.6) is 0 Å². The van der Waals surface area contributed by atoms with Crippen LogP contribution in [-0.2, 0) is 26.8 Å². The Bertz CT molecular complexity index is 568. The zero-order valence-corrected chi connectivity index (χ0v) is 14.4. The molecule has 1 heterocycles. The molecule has 1 unspecified atom stereocenters. The molecular formula is C15H24N2O3S2. The minimum absolute atomic E-state index is 0.221. The number of benzene rings is 1. The van der Waals surface area contributed by atoms with E-state index in [2.05, 4.69) is 4.72 Å². The Hall–Kier alpha value is -0.760. The highest BCUT2D eigenvalue weighted by Gasteiger charge is 2.22. The lowest BCUT2D eigenvalue weighted by molar-refractivity contribution is 0.416. The first-order chi connectivity index (χ1) is 10.6. The smallest absolute Gasteiger partial charge is 0.259 e. The predicted molar refractivity (Wildman–Crippen MR) is 90.1 cm³/mol. The first kappa shape index (κ1) is 17.6. The third-order valence-electron chi connectivity index (χ3n) is 3.69. The molecule has 1 fully saturated rings. The van der Waals surface area contributed by atoms with E-state index in [1.807, 2.05) is 30.3 Å². The zero-order valence-electron chi connectivity index (χ0n) is 12.7. The molecule has 124 valence electrons. The summed E-state index contributed by atoms with van der Waals surface area (Å²) in [6.45, 7) is 1.39. The fraction of sp³-hybridized carbons (Fsp3) is 0.600. The van der Waals surface area contributed by atoms with Gasteiger partial charge < -0.3 is 0 Å². The van der Waals surface area contributed by atoms with Crippen LogP contribution < -0.4 is 4.72 Å². The Morgan fingerprint density at radius 3 is 2.32 bits per heavy atom. The zero-order chi connectivity index (χ0) is 15.8. The normalized spacial score (nSPS) is 18.7. The van der Waals surface area contributed by atoms with E-state index < -0.39 is 21.0 Å². The summed E-state index contributed by atoms with van der Waals surface area (Å²) < 4.78 is 40.5. The predicted octanol–water partition coefficient (Wildman–Crippen LogP) is 1.65. The molecule has 1 aliphatic heterocycles. The molecule has 7 heteroatoms. The minimum atomic E-state index is -3.43. The molecular weight excluding hydrogens is 320 g/mol. The van der Waals surface area contributed by atoms with Gasteiger partial charge in [0.2, 0.25) is 0 Å². The molecule has 1 saturated heterocycles. The molecule has 1 aromatic rings. The van der Waals surface area contributed by atoms with E-state index >= 15 is 0 Å². The second-order valence-electron chi connectivity index (χ2n) is 5.49. The molecule has 1 N–H and O–H groups in total. The summed E-state index contributed by atoms with van der Waals surface area (Å²) in [5.74, 6) is 0.800. The van der Waals surface area contributed by atoms with E-state index in [0.717, 1.165) is 31.2 Å². The largest absolute Gasteiger partial charge is 0.279 e. The topological polar surface area (TPSA) is 66.5 Å². The molecule has 0 saturated carbocycles. The first-order valence-electron chi connectivity index (χ1n) is 7.71. The van der Waals surface area contributed by atoms with Crippen LogP contribution in [0.1, 0.15) is 31.2 Å². The second kappa shape index (κ2) is 8.76. The lowest BCUT2D eigenvalue weighted by Crippen LogP contribution is -2.42. The van der Waals surface area contributed by atoms with Crippen molar-refractivity contribution in [3.63, 3.8) is 0 Å². The van der Waals surface area contributed by atoms with Crippen molar-refractivity contribution in [2.75, 3.05) is 25.4 Å². The van der Waals surface area contributed by atoms with Crippen LogP contribution in [0.4, 0.5) is 0 Å². The number of hydrogen-bond donors (Lipinski definition) is 1. The monoisotopic (exact) mass is 344 g/mol. The molecule has 1 aliphatic rings. The fourth-order valence-corrected chi connectivity index (χ4v) is 4.94. The Morgan fingerprint density at radius 1 is 1.05 bits per heavy atom. The number of nitrogens with zero attached hydrogens (tertiary/aromatic N) is 1. The average Bonchev–Trinajstić information content (AvgIpc) is 2.77. The SMILES string of the molecule is O=S(CCNS(=O)(=O)N1CCCCCC1)Cc1ccccc1. The Morgan fingerprint density at radius 2 is 1.68 bits per heavy atom. The third-order valence-corrected chi connectivity index (χ3v) is 6.62. The number of nitrogens with one attached hydrogen (secondary N) is 1. The number of rotatable bonds is 7. The molecule has 0 radical (unpaired) electrons. The summed E-state index contributed by atoms with van der Waals surface area (Å²) >= 11 is 0. The van der Waals surface area contributed by atoms with Crippen LogP contribution in [0.25, 0.3) is 0 Å². The van der Waals surface area contributed by atoms with Crippen molar-refractivity contribution in [2.24, 2.45) is 0 Å². The standard InChI is InChI=1S/C15H24N2O3S2/c18-21(14-15-8-4-3-5-9-15)13-10-16-22(19,20)17-11-6-1-2-7-12-17/h3-5,8-9,16H,1-2,6-7,10-14H2. The Kier molecular flexibility index (Phi) is 7.01. The summed E-state index contributed by atoms with van der Waals surface area (Å²) in [5, 5.41) is 0. The van der Waals surface area contributed by atoms with Crippen molar-refractivity contribution in [1.29, 1.82) is 0 Å². The molecule has 22 heavy (non-hydrogen) atoms. The van der Waals surface area contributed by atoms with E-state index in [9.17, 15) is 12.6 Å². The number of hydrogen-bond acceptors (Lipinski definition) is 3. The first-order valence-corrected chi connectivity index (χ1v) is 10.6. The van der Waals surface area contributed by atoms with E-state index in [1.54, 1.807) is 0 Å². The molecule has 1 atom stereocenters. The Labute approximate surface area is 135 Å². The molecule has 0 aliphatic carbocycles. The summed E-state index contributed by atoms with van der Waals surface area (Å²) in [5.41, 5.74) is 1.01. The van der Waals surface area contributed by atoms with Gasteiger partial charge in [-0.15, -0.1) is 0 Å². The molecule has 0 amide bonds. The van der Waals surface area contributed by atoms with E-state index in [0.29, 0.717) is 24.6 Å². The van der Waals surface area contributed by atoms with Crippen LogP contribution in [-0.4, -0.2) is 42.3 Å². The lowest BCUT2D eigenvalue weighted by Gasteiger charge is -2.20. The van der Waals surface area contributed by atoms with Crippen molar-refractivity contribution < 1.29 is 12.6 Å².